The van der Waals surface area contributed by atoms with Crippen LogP contribution in [0, 0.1) is 0 Å². The second kappa shape index (κ2) is 9.51. The van der Waals surface area contributed by atoms with Crippen molar-refractivity contribution in [3.63, 3.8) is 0 Å². The Labute approximate surface area is 187 Å². The average molecular weight is 464 g/mol. The van der Waals surface area contributed by atoms with Crippen LogP contribution in [0.15, 0.2) is 45.7 Å². The third-order valence-electron chi connectivity index (χ3n) is 5.02. The first-order chi connectivity index (χ1) is 14.5. The minimum atomic E-state index is -0.131. The van der Waals surface area contributed by atoms with Gasteiger partial charge in [0, 0.05) is 23.6 Å². The number of thioether (sulfide) groups is 1. The van der Waals surface area contributed by atoms with Gasteiger partial charge in [-0.2, -0.15) is 0 Å². The summed E-state index contributed by atoms with van der Waals surface area (Å²) in [7, 11) is 1.79. The fourth-order valence-corrected chi connectivity index (χ4v) is 5.27. The number of aromatic nitrogens is 2. The molecule has 1 amide bonds. The van der Waals surface area contributed by atoms with E-state index < -0.39 is 0 Å². The highest BCUT2D eigenvalue weighted by Crippen LogP contribution is 2.23. The summed E-state index contributed by atoms with van der Waals surface area (Å²) in [6.45, 7) is 1.72. The van der Waals surface area contributed by atoms with Gasteiger partial charge in [0.2, 0.25) is 5.91 Å². The van der Waals surface area contributed by atoms with Crippen LogP contribution in [0.3, 0.4) is 0 Å². The van der Waals surface area contributed by atoms with E-state index in [-0.39, 0.29) is 23.3 Å². The van der Waals surface area contributed by atoms with Crippen LogP contribution in [0.1, 0.15) is 17.7 Å². The molecule has 9 heteroatoms. The molecule has 1 saturated heterocycles. The van der Waals surface area contributed by atoms with E-state index in [2.05, 4.69) is 4.98 Å². The molecule has 3 aromatic rings. The van der Waals surface area contributed by atoms with Crippen molar-refractivity contribution in [1.29, 1.82) is 0 Å². The molecule has 1 aliphatic rings. The molecule has 1 aromatic carbocycles. The van der Waals surface area contributed by atoms with Gasteiger partial charge in [0.05, 0.1) is 35.8 Å². The summed E-state index contributed by atoms with van der Waals surface area (Å²) in [6.07, 6.45) is 1.90. The number of fused-ring (bicyclic) bond motifs is 1. The lowest BCUT2D eigenvalue weighted by atomic mass is 10.2. The van der Waals surface area contributed by atoms with Gasteiger partial charge in [-0.3, -0.25) is 14.2 Å². The quantitative estimate of drug-likeness (QED) is 0.391. The van der Waals surface area contributed by atoms with Crippen LogP contribution in [0.25, 0.3) is 10.9 Å². The molecule has 1 atom stereocenters. The summed E-state index contributed by atoms with van der Waals surface area (Å²) in [5.74, 6) is 0.184. The van der Waals surface area contributed by atoms with Crippen LogP contribution < -0.4 is 5.56 Å². The Morgan fingerprint density at radius 2 is 2.30 bits per heavy atom. The summed E-state index contributed by atoms with van der Waals surface area (Å²) in [6, 6.07) is 9.06. The van der Waals surface area contributed by atoms with Crippen LogP contribution in [0.5, 0.6) is 0 Å². The number of halogens is 1. The molecule has 0 aliphatic carbocycles. The number of amides is 1. The van der Waals surface area contributed by atoms with E-state index in [1.54, 1.807) is 46.1 Å². The number of thiophene rings is 1. The summed E-state index contributed by atoms with van der Waals surface area (Å²) >= 11 is 9.00. The fourth-order valence-electron chi connectivity index (χ4n) is 3.40. The molecule has 0 bridgehead atoms. The number of ether oxygens (including phenoxy) is 1. The van der Waals surface area contributed by atoms with Crippen LogP contribution in [0.2, 0.25) is 5.02 Å². The molecule has 1 aliphatic heterocycles. The number of hydrogen-bond acceptors (Lipinski definition) is 6. The van der Waals surface area contributed by atoms with Crippen molar-refractivity contribution in [2.45, 2.75) is 37.2 Å². The van der Waals surface area contributed by atoms with Gasteiger partial charge in [0.1, 0.15) is 0 Å². The Bertz CT molecular complexity index is 1090. The van der Waals surface area contributed by atoms with Gasteiger partial charge in [-0.15, -0.1) is 11.3 Å². The summed E-state index contributed by atoms with van der Waals surface area (Å²) in [5.41, 5.74) is 0.409. The van der Waals surface area contributed by atoms with Crippen molar-refractivity contribution in [3.05, 3.63) is 56.0 Å². The molecule has 0 spiro atoms. The molecular formula is C21H22ClN3O3S2. The van der Waals surface area contributed by atoms with Crippen LogP contribution in [-0.4, -0.2) is 45.9 Å². The third-order valence-corrected chi connectivity index (χ3v) is 7.07. The van der Waals surface area contributed by atoms with Crippen molar-refractivity contribution in [3.8, 4) is 0 Å². The summed E-state index contributed by atoms with van der Waals surface area (Å²) in [5, 5.41) is 3.55. The van der Waals surface area contributed by atoms with E-state index in [0.29, 0.717) is 40.8 Å². The van der Waals surface area contributed by atoms with Crippen LogP contribution in [0.4, 0.5) is 0 Å². The standard InChI is InChI=1S/C21H22ClN3O3S2/c1-24(12-16-5-3-9-29-16)19(26)13-30-21-23-18-10-14(22)6-7-17(18)20(27)25(21)11-15-4-2-8-28-15/h3,5-7,9-10,15H,2,4,8,11-13H2,1H3/t15-/m1/s1. The molecule has 4 rings (SSSR count). The monoisotopic (exact) mass is 463 g/mol. The maximum atomic E-state index is 13.2. The largest absolute Gasteiger partial charge is 0.376 e. The SMILES string of the molecule is CN(Cc1cccs1)C(=O)CSc1nc2cc(Cl)ccc2c(=O)n1C[C@H]1CCCO1. The predicted octanol–water partition coefficient (Wildman–Crippen LogP) is 4.04. The van der Waals surface area contributed by atoms with Gasteiger partial charge < -0.3 is 9.64 Å². The Kier molecular flexibility index (Phi) is 6.77. The number of nitrogens with zero attached hydrogens (tertiary/aromatic N) is 3. The second-order valence-corrected chi connectivity index (χ2v) is 9.64. The topological polar surface area (TPSA) is 64.4 Å². The van der Waals surface area contributed by atoms with Gasteiger partial charge in [-0.05, 0) is 42.5 Å². The highest BCUT2D eigenvalue weighted by atomic mass is 35.5. The van der Waals surface area contributed by atoms with Gasteiger partial charge >= 0.3 is 0 Å². The second-order valence-electron chi connectivity index (χ2n) is 7.22. The molecule has 6 nitrogen and oxygen atoms in total. The maximum absolute atomic E-state index is 13.2. The highest BCUT2D eigenvalue weighted by molar-refractivity contribution is 7.99. The number of carbonyl (C=O) groups excluding carboxylic acids is 1. The van der Waals surface area contributed by atoms with E-state index in [1.807, 2.05) is 17.5 Å². The number of hydrogen-bond donors (Lipinski definition) is 0. The van der Waals surface area contributed by atoms with Crippen molar-refractivity contribution in [2.75, 3.05) is 19.4 Å². The maximum Gasteiger partial charge on any atom is 0.262 e. The van der Waals surface area contributed by atoms with Gasteiger partial charge in [0.25, 0.3) is 5.56 Å². The third kappa shape index (κ3) is 4.88. The van der Waals surface area contributed by atoms with E-state index in [0.717, 1.165) is 17.7 Å². The predicted molar refractivity (Wildman–Crippen MR) is 122 cm³/mol. The van der Waals surface area contributed by atoms with Gasteiger partial charge in [0.15, 0.2) is 5.16 Å². The Morgan fingerprint density at radius 1 is 1.43 bits per heavy atom. The molecule has 3 heterocycles. The number of rotatable bonds is 7. The number of carbonyl (C=O) groups is 1. The Hall–Kier alpha value is -1.87. The first kappa shape index (κ1) is 21.4. The summed E-state index contributed by atoms with van der Waals surface area (Å²) in [4.78, 5) is 33.3. The minimum absolute atomic E-state index is 0.00851. The minimum Gasteiger partial charge on any atom is -0.376 e. The molecule has 0 saturated carbocycles. The first-order valence-electron chi connectivity index (χ1n) is 9.72. The Balaban J connectivity index is 1.57. The van der Waals surface area contributed by atoms with E-state index in [9.17, 15) is 9.59 Å². The number of benzene rings is 1. The highest BCUT2D eigenvalue weighted by Gasteiger charge is 2.21. The average Bonchev–Trinajstić information content (AvgIpc) is 3.42. The zero-order valence-electron chi connectivity index (χ0n) is 16.5. The lowest BCUT2D eigenvalue weighted by molar-refractivity contribution is -0.127. The molecule has 1 fully saturated rings. The van der Waals surface area contributed by atoms with Crippen molar-refractivity contribution in [2.24, 2.45) is 0 Å². The molecular weight excluding hydrogens is 442 g/mol. The molecule has 158 valence electrons. The zero-order chi connectivity index (χ0) is 21.1. The molecule has 2 aromatic heterocycles. The molecule has 30 heavy (non-hydrogen) atoms. The van der Waals surface area contributed by atoms with Crippen LogP contribution in [-0.2, 0) is 22.6 Å². The summed E-state index contributed by atoms with van der Waals surface area (Å²) < 4.78 is 7.37. The first-order valence-corrected chi connectivity index (χ1v) is 12.0. The van der Waals surface area contributed by atoms with E-state index >= 15 is 0 Å². The molecule has 0 unspecified atom stereocenters. The lowest BCUT2D eigenvalue weighted by Gasteiger charge is -2.18. The lowest BCUT2D eigenvalue weighted by Crippen LogP contribution is -2.30. The van der Waals surface area contributed by atoms with Crippen molar-refractivity contribution < 1.29 is 9.53 Å². The molecule has 0 radical (unpaired) electrons. The molecule has 0 N–H and O–H groups in total. The van der Waals surface area contributed by atoms with E-state index in [1.165, 1.54) is 11.8 Å². The van der Waals surface area contributed by atoms with Crippen LogP contribution >= 0.6 is 34.7 Å². The Morgan fingerprint density at radius 3 is 3.03 bits per heavy atom. The fraction of sp³-hybridized carbons (Fsp3) is 0.381. The van der Waals surface area contributed by atoms with E-state index in [4.69, 9.17) is 16.3 Å². The normalized spacial score (nSPS) is 16.3. The zero-order valence-corrected chi connectivity index (χ0v) is 18.9. The van der Waals surface area contributed by atoms with Crippen molar-refractivity contribution in [1.82, 2.24) is 14.5 Å². The van der Waals surface area contributed by atoms with Gasteiger partial charge in [-0.1, -0.05) is 29.4 Å². The smallest absolute Gasteiger partial charge is 0.262 e. The van der Waals surface area contributed by atoms with Gasteiger partial charge in [-0.25, -0.2) is 4.98 Å². The van der Waals surface area contributed by atoms with Crippen molar-refractivity contribution >= 4 is 51.5 Å².